The third kappa shape index (κ3) is 5.10. The van der Waals surface area contributed by atoms with E-state index in [1.807, 2.05) is 0 Å². The van der Waals surface area contributed by atoms with Crippen molar-refractivity contribution in [3.05, 3.63) is 10.8 Å². The molecule has 8 heteroatoms. The van der Waals surface area contributed by atoms with Crippen molar-refractivity contribution in [1.29, 1.82) is 0 Å². The second-order valence-corrected chi connectivity index (χ2v) is 6.01. The van der Waals surface area contributed by atoms with E-state index in [0.717, 1.165) is 25.7 Å². The Balaban J connectivity index is 1.99. The molecule has 0 aromatic carbocycles. The van der Waals surface area contributed by atoms with Crippen LogP contribution in [0, 0.1) is 0 Å². The van der Waals surface area contributed by atoms with Gasteiger partial charge in [-0.15, -0.1) is 0 Å². The van der Waals surface area contributed by atoms with Crippen molar-refractivity contribution in [2.24, 2.45) is 0 Å². The first kappa shape index (κ1) is 17.0. The third-order valence-corrected chi connectivity index (χ3v) is 3.87. The van der Waals surface area contributed by atoms with E-state index in [1.165, 1.54) is 0 Å². The summed E-state index contributed by atoms with van der Waals surface area (Å²) in [6, 6.07) is 0.246. The van der Waals surface area contributed by atoms with Crippen molar-refractivity contribution in [2.45, 2.75) is 44.8 Å². The summed E-state index contributed by atoms with van der Waals surface area (Å²) in [5, 5.41) is 15.8. The molecule has 0 atom stereocenters. The Hall–Kier alpha value is -1.41. The molecule has 1 fully saturated rings. The second-order valence-electron chi connectivity index (χ2n) is 5.20. The number of rotatable bonds is 6. The summed E-state index contributed by atoms with van der Waals surface area (Å²) in [5.41, 5.74) is 0. The highest BCUT2D eigenvalue weighted by atomic mass is 79.9. The van der Waals surface area contributed by atoms with Crippen LogP contribution < -0.4 is 10.6 Å². The molecule has 1 aliphatic carbocycles. The van der Waals surface area contributed by atoms with Gasteiger partial charge in [0, 0.05) is 6.04 Å². The minimum absolute atomic E-state index is 0.0439. The predicted molar refractivity (Wildman–Crippen MR) is 86.7 cm³/mol. The van der Waals surface area contributed by atoms with Gasteiger partial charge >= 0.3 is 5.97 Å². The summed E-state index contributed by atoms with van der Waals surface area (Å²) in [5.74, 6) is 0.779. The van der Waals surface area contributed by atoms with Gasteiger partial charge in [0.1, 0.15) is 11.1 Å². The van der Waals surface area contributed by atoms with E-state index >= 15 is 0 Å². The van der Waals surface area contributed by atoms with Gasteiger partial charge in [-0.1, -0.05) is 0 Å². The summed E-state index contributed by atoms with van der Waals surface area (Å²) >= 11 is 3.30. The molecule has 1 aromatic rings. The van der Waals surface area contributed by atoms with Crippen LogP contribution in [-0.4, -0.2) is 46.3 Å². The Morgan fingerprint density at radius 1 is 1.41 bits per heavy atom. The van der Waals surface area contributed by atoms with Crippen molar-refractivity contribution in [2.75, 3.05) is 23.8 Å². The number of carbonyl (C=O) groups is 1. The van der Waals surface area contributed by atoms with E-state index in [1.54, 1.807) is 13.1 Å². The number of hydrogen-bond acceptors (Lipinski definition) is 7. The monoisotopic (exact) mass is 372 g/mol. The Kier molecular flexibility index (Phi) is 6.38. The molecule has 0 bridgehead atoms. The lowest BCUT2D eigenvalue weighted by Gasteiger charge is -2.27. The number of aliphatic hydroxyl groups excluding tert-OH is 1. The number of ether oxygens (including phenoxy) is 1. The van der Waals surface area contributed by atoms with Gasteiger partial charge in [0.05, 0.1) is 18.9 Å². The average molecular weight is 373 g/mol. The number of aliphatic hydroxyl groups is 1. The Bertz CT molecular complexity index is 507. The minimum Gasteiger partial charge on any atom is -0.465 e. The molecule has 1 heterocycles. The molecule has 0 unspecified atom stereocenters. The van der Waals surface area contributed by atoms with Gasteiger partial charge in [0.15, 0.2) is 11.6 Å². The fourth-order valence-corrected chi connectivity index (χ4v) is 2.66. The van der Waals surface area contributed by atoms with E-state index < -0.39 is 0 Å². The molecule has 1 saturated carbocycles. The highest BCUT2D eigenvalue weighted by molar-refractivity contribution is 9.10. The zero-order chi connectivity index (χ0) is 15.9. The van der Waals surface area contributed by atoms with Crippen molar-refractivity contribution in [1.82, 2.24) is 9.97 Å². The molecule has 122 valence electrons. The van der Waals surface area contributed by atoms with Gasteiger partial charge in [-0.2, -0.15) is 0 Å². The quantitative estimate of drug-likeness (QED) is 0.656. The topological polar surface area (TPSA) is 96.4 Å². The third-order valence-electron chi connectivity index (χ3n) is 3.49. The summed E-state index contributed by atoms with van der Waals surface area (Å²) in [7, 11) is 0. The van der Waals surface area contributed by atoms with Gasteiger partial charge in [0.25, 0.3) is 0 Å². The molecule has 2 rings (SSSR count). The molecular formula is C14H21BrN4O3. The average Bonchev–Trinajstić information content (AvgIpc) is 2.49. The van der Waals surface area contributed by atoms with E-state index in [0.29, 0.717) is 22.8 Å². The number of nitrogens with zero attached hydrogens (tertiary/aromatic N) is 2. The molecule has 1 aromatic heterocycles. The minimum atomic E-state index is -0.334. The highest BCUT2D eigenvalue weighted by Crippen LogP contribution is 2.25. The molecule has 0 spiro atoms. The second kappa shape index (κ2) is 8.28. The molecule has 0 saturated heterocycles. The first-order valence-corrected chi connectivity index (χ1v) is 8.24. The lowest BCUT2D eigenvalue weighted by Crippen LogP contribution is -2.29. The van der Waals surface area contributed by atoms with E-state index in [9.17, 15) is 9.90 Å². The van der Waals surface area contributed by atoms with Crippen molar-refractivity contribution in [3.63, 3.8) is 0 Å². The fraction of sp³-hybridized carbons (Fsp3) is 0.643. The van der Waals surface area contributed by atoms with Gasteiger partial charge in [-0.05, 0) is 48.5 Å². The maximum absolute atomic E-state index is 11.4. The van der Waals surface area contributed by atoms with E-state index in [4.69, 9.17) is 4.74 Å². The maximum Gasteiger partial charge on any atom is 0.325 e. The van der Waals surface area contributed by atoms with Crippen LogP contribution in [0.15, 0.2) is 10.8 Å². The van der Waals surface area contributed by atoms with Crippen molar-refractivity contribution < 1.29 is 14.6 Å². The van der Waals surface area contributed by atoms with Crippen LogP contribution in [0.1, 0.15) is 32.6 Å². The highest BCUT2D eigenvalue weighted by Gasteiger charge is 2.21. The normalized spacial score (nSPS) is 21.2. The fourth-order valence-electron chi connectivity index (χ4n) is 2.38. The number of nitrogens with one attached hydrogen (secondary N) is 2. The number of aromatic nitrogens is 2. The molecule has 0 radical (unpaired) electrons. The lowest BCUT2D eigenvalue weighted by atomic mass is 9.93. The van der Waals surface area contributed by atoms with Crippen LogP contribution in [0.2, 0.25) is 0 Å². The summed E-state index contributed by atoms with van der Waals surface area (Å²) in [6.07, 6.45) is 4.70. The van der Waals surface area contributed by atoms with E-state index in [2.05, 4.69) is 36.5 Å². The van der Waals surface area contributed by atoms with Crippen LogP contribution >= 0.6 is 15.9 Å². The number of esters is 1. The summed E-state index contributed by atoms with van der Waals surface area (Å²) in [4.78, 5) is 20.1. The Labute approximate surface area is 138 Å². The van der Waals surface area contributed by atoms with Crippen LogP contribution in [0.5, 0.6) is 0 Å². The van der Waals surface area contributed by atoms with Gasteiger partial charge in [0.2, 0.25) is 0 Å². The zero-order valence-electron chi connectivity index (χ0n) is 12.5. The van der Waals surface area contributed by atoms with Crippen LogP contribution in [0.25, 0.3) is 0 Å². The van der Waals surface area contributed by atoms with Crippen molar-refractivity contribution in [3.8, 4) is 0 Å². The predicted octanol–water partition coefficient (Wildman–Crippen LogP) is 1.93. The molecular weight excluding hydrogens is 352 g/mol. The molecule has 0 amide bonds. The molecule has 22 heavy (non-hydrogen) atoms. The molecule has 7 nitrogen and oxygen atoms in total. The van der Waals surface area contributed by atoms with Crippen molar-refractivity contribution >= 4 is 33.5 Å². The van der Waals surface area contributed by atoms with Gasteiger partial charge in [-0.25, -0.2) is 9.97 Å². The molecule has 1 aliphatic rings. The summed E-state index contributed by atoms with van der Waals surface area (Å²) in [6.45, 7) is 2.16. The largest absolute Gasteiger partial charge is 0.465 e. The first-order valence-electron chi connectivity index (χ1n) is 7.45. The maximum atomic E-state index is 11.4. The van der Waals surface area contributed by atoms with Gasteiger partial charge < -0.3 is 20.5 Å². The Morgan fingerprint density at radius 2 is 2.14 bits per heavy atom. The number of hydrogen-bond donors (Lipinski definition) is 3. The van der Waals surface area contributed by atoms with Crippen LogP contribution in [0.3, 0.4) is 0 Å². The molecule has 0 aliphatic heterocycles. The first-order chi connectivity index (χ1) is 10.6. The number of anilines is 2. The Morgan fingerprint density at radius 3 is 2.82 bits per heavy atom. The number of carbonyl (C=O) groups excluding carboxylic acids is 1. The smallest absolute Gasteiger partial charge is 0.325 e. The summed E-state index contributed by atoms with van der Waals surface area (Å²) < 4.78 is 5.50. The van der Waals surface area contributed by atoms with Crippen LogP contribution in [0.4, 0.5) is 11.6 Å². The van der Waals surface area contributed by atoms with Gasteiger partial charge in [-0.3, -0.25) is 4.79 Å². The molecule has 3 N–H and O–H groups in total. The van der Waals surface area contributed by atoms with E-state index in [-0.39, 0.29) is 24.7 Å². The number of halogens is 1. The zero-order valence-corrected chi connectivity index (χ0v) is 14.1. The SMILES string of the molecule is CCOC(=O)CNc1ncc(Br)nc1NC1CCC(O)CC1. The lowest BCUT2D eigenvalue weighted by molar-refractivity contribution is -0.140. The van der Waals surface area contributed by atoms with Crippen LogP contribution in [-0.2, 0) is 9.53 Å². The standard InChI is InChI=1S/C14H21BrN4O3/c1-2-22-12(21)8-17-13-14(19-11(15)7-16-13)18-9-3-5-10(20)6-4-9/h7,9-10,20H,2-6,8H2,1H3,(H,16,17)(H,18,19).